The number of rotatable bonds is 2. The number of hydrogen-bond donors (Lipinski definition) is 1. The Labute approximate surface area is 102 Å². The first-order valence-corrected chi connectivity index (χ1v) is 6.10. The highest BCUT2D eigenvalue weighted by Crippen LogP contribution is 2.38. The van der Waals surface area contributed by atoms with Gasteiger partial charge in [-0.25, -0.2) is 4.98 Å². The lowest BCUT2D eigenvalue weighted by atomic mass is 9.78. The Bertz CT molecular complexity index is 399. The third-order valence-electron chi connectivity index (χ3n) is 3.65. The first kappa shape index (κ1) is 12.2. The van der Waals surface area contributed by atoms with Crippen LogP contribution in [0.1, 0.15) is 33.2 Å². The summed E-state index contributed by atoms with van der Waals surface area (Å²) in [7, 11) is 0. The molecule has 1 aliphatic heterocycles. The largest absolute Gasteiger partial charge is 0.330 e. The van der Waals surface area contributed by atoms with Gasteiger partial charge in [-0.1, -0.05) is 20.8 Å². The maximum atomic E-state index is 10.4. The van der Waals surface area contributed by atoms with Gasteiger partial charge in [-0.05, 0) is 29.5 Å². The van der Waals surface area contributed by atoms with E-state index in [2.05, 4.69) is 36.2 Å². The van der Waals surface area contributed by atoms with Crippen LogP contribution in [-0.2, 0) is 0 Å². The molecule has 1 aliphatic rings. The van der Waals surface area contributed by atoms with Gasteiger partial charge in [-0.15, -0.1) is 4.91 Å². The van der Waals surface area contributed by atoms with Crippen LogP contribution in [-0.4, -0.2) is 22.6 Å². The standard InChI is InChI=1S/C12H20N4O/c1-9-4-12(2,3)10(6-13-5-9)16-7-11(15-17)14-8-16/h7-10,13H,4-6H2,1-3H3. The zero-order chi connectivity index (χ0) is 12.5. The van der Waals surface area contributed by atoms with Crippen LogP contribution in [0, 0.1) is 16.2 Å². The van der Waals surface area contributed by atoms with Gasteiger partial charge in [-0.2, -0.15) is 0 Å². The minimum absolute atomic E-state index is 0.184. The lowest BCUT2D eigenvalue weighted by molar-refractivity contribution is 0.194. The fourth-order valence-corrected chi connectivity index (χ4v) is 2.90. The monoisotopic (exact) mass is 236 g/mol. The molecule has 0 amide bonds. The van der Waals surface area contributed by atoms with Gasteiger partial charge < -0.3 is 9.88 Å². The molecule has 0 radical (unpaired) electrons. The zero-order valence-corrected chi connectivity index (χ0v) is 10.7. The van der Waals surface area contributed by atoms with Crippen molar-refractivity contribution in [1.82, 2.24) is 14.9 Å². The van der Waals surface area contributed by atoms with E-state index >= 15 is 0 Å². The van der Waals surface area contributed by atoms with Crippen molar-refractivity contribution in [3.8, 4) is 0 Å². The van der Waals surface area contributed by atoms with Crippen LogP contribution in [0.25, 0.3) is 0 Å². The van der Waals surface area contributed by atoms with E-state index in [0.717, 1.165) is 19.5 Å². The van der Waals surface area contributed by atoms with E-state index in [1.54, 1.807) is 12.5 Å². The number of hydrogen-bond acceptors (Lipinski definition) is 4. The molecule has 1 aromatic rings. The SMILES string of the molecule is CC1CNCC(n2cnc(N=O)c2)C(C)(C)C1. The molecule has 2 atom stereocenters. The van der Waals surface area contributed by atoms with Crippen molar-refractivity contribution in [2.75, 3.05) is 13.1 Å². The van der Waals surface area contributed by atoms with E-state index in [-0.39, 0.29) is 11.2 Å². The summed E-state index contributed by atoms with van der Waals surface area (Å²) in [6, 6.07) is 0.315. The van der Waals surface area contributed by atoms with Gasteiger partial charge in [0.2, 0.25) is 5.82 Å². The van der Waals surface area contributed by atoms with Gasteiger partial charge in [0.25, 0.3) is 0 Å². The second-order valence-corrected chi connectivity index (χ2v) is 5.74. The fourth-order valence-electron chi connectivity index (χ4n) is 2.90. The molecule has 5 nitrogen and oxygen atoms in total. The Morgan fingerprint density at radius 3 is 2.94 bits per heavy atom. The average molecular weight is 236 g/mol. The molecular weight excluding hydrogens is 216 g/mol. The predicted molar refractivity (Wildman–Crippen MR) is 67.2 cm³/mol. The summed E-state index contributed by atoms with van der Waals surface area (Å²) in [5.41, 5.74) is 0.184. The molecule has 1 aromatic heterocycles. The summed E-state index contributed by atoms with van der Waals surface area (Å²) >= 11 is 0. The van der Waals surface area contributed by atoms with Gasteiger partial charge in [-0.3, -0.25) is 0 Å². The molecule has 0 aromatic carbocycles. The second kappa shape index (κ2) is 4.56. The maximum Gasteiger partial charge on any atom is 0.214 e. The molecule has 0 saturated carbocycles. The molecule has 1 N–H and O–H groups in total. The molecule has 1 fully saturated rings. The van der Waals surface area contributed by atoms with E-state index in [9.17, 15) is 4.91 Å². The van der Waals surface area contributed by atoms with Crippen LogP contribution in [0.4, 0.5) is 5.82 Å². The van der Waals surface area contributed by atoms with E-state index in [1.807, 2.05) is 4.57 Å². The Morgan fingerprint density at radius 2 is 2.29 bits per heavy atom. The number of aromatic nitrogens is 2. The van der Waals surface area contributed by atoms with Crippen LogP contribution < -0.4 is 5.32 Å². The minimum atomic E-state index is 0.184. The van der Waals surface area contributed by atoms with Crippen molar-refractivity contribution < 1.29 is 0 Å². The van der Waals surface area contributed by atoms with E-state index < -0.39 is 0 Å². The molecule has 0 bridgehead atoms. The fraction of sp³-hybridized carbons (Fsp3) is 0.750. The van der Waals surface area contributed by atoms with Crippen molar-refractivity contribution in [3.05, 3.63) is 17.4 Å². The minimum Gasteiger partial charge on any atom is -0.330 e. The van der Waals surface area contributed by atoms with Crippen LogP contribution >= 0.6 is 0 Å². The molecule has 94 valence electrons. The second-order valence-electron chi connectivity index (χ2n) is 5.74. The number of nitrogens with one attached hydrogen (secondary N) is 1. The highest BCUT2D eigenvalue weighted by Gasteiger charge is 2.34. The number of nitrogens with zero attached hydrogens (tertiary/aromatic N) is 3. The van der Waals surface area contributed by atoms with Crippen molar-refractivity contribution >= 4 is 5.82 Å². The van der Waals surface area contributed by atoms with Crippen LogP contribution in [0.2, 0.25) is 0 Å². The van der Waals surface area contributed by atoms with Gasteiger partial charge in [0.15, 0.2) is 0 Å². The first-order valence-electron chi connectivity index (χ1n) is 6.10. The van der Waals surface area contributed by atoms with Crippen molar-refractivity contribution in [2.45, 2.75) is 33.2 Å². The summed E-state index contributed by atoms with van der Waals surface area (Å²) in [4.78, 5) is 14.4. The third-order valence-corrected chi connectivity index (χ3v) is 3.65. The van der Waals surface area contributed by atoms with E-state index in [4.69, 9.17) is 0 Å². The summed E-state index contributed by atoms with van der Waals surface area (Å²) in [6.45, 7) is 8.77. The van der Waals surface area contributed by atoms with E-state index in [1.165, 1.54) is 0 Å². The molecule has 17 heavy (non-hydrogen) atoms. The van der Waals surface area contributed by atoms with Crippen LogP contribution in [0.3, 0.4) is 0 Å². The Kier molecular flexibility index (Phi) is 3.28. The highest BCUT2D eigenvalue weighted by molar-refractivity contribution is 5.22. The molecule has 5 heteroatoms. The molecule has 0 spiro atoms. The van der Waals surface area contributed by atoms with E-state index in [0.29, 0.717) is 12.0 Å². The van der Waals surface area contributed by atoms with Gasteiger partial charge in [0.05, 0.1) is 18.6 Å². The molecule has 1 saturated heterocycles. The lowest BCUT2D eigenvalue weighted by Crippen LogP contribution is -2.32. The molecule has 2 heterocycles. The topological polar surface area (TPSA) is 59.3 Å². The van der Waals surface area contributed by atoms with Crippen molar-refractivity contribution in [3.63, 3.8) is 0 Å². The summed E-state index contributed by atoms with van der Waals surface area (Å²) in [5.74, 6) is 0.931. The third kappa shape index (κ3) is 2.54. The quantitative estimate of drug-likeness (QED) is 0.802. The number of imidazole rings is 1. The molecule has 2 rings (SSSR count). The molecular formula is C12H20N4O. The zero-order valence-electron chi connectivity index (χ0n) is 10.7. The van der Waals surface area contributed by atoms with Crippen LogP contribution in [0.5, 0.6) is 0 Å². The Balaban J connectivity index is 2.25. The Hall–Kier alpha value is -1.23. The molecule has 2 unspecified atom stereocenters. The first-order chi connectivity index (χ1) is 8.03. The lowest BCUT2D eigenvalue weighted by Gasteiger charge is -2.34. The van der Waals surface area contributed by atoms with Gasteiger partial charge in [0, 0.05) is 6.54 Å². The molecule has 0 aliphatic carbocycles. The Morgan fingerprint density at radius 1 is 1.53 bits per heavy atom. The summed E-state index contributed by atoms with van der Waals surface area (Å²) in [6.07, 6.45) is 4.60. The van der Waals surface area contributed by atoms with Crippen molar-refractivity contribution in [2.24, 2.45) is 16.5 Å². The normalized spacial score (nSPS) is 28.6. The smallest absolute Gasteiger partial charge is 0.214 e. The average Bonchev–Trinajstić information content (AvgIpc) is 2.66. The summed E-state index contributed by atoms with van der Waals surface area (Å²) < 4.78 is 2.02. The van der Waals surface area contributed by atoms with Crippen LogP contribution in [0.15, 0.2) is 17.7 Å². The van der Waals surface area contributed by atoms with Gasteiger partial charge in [0.1, 0.15) is 0 Å². The number of nitroso groups, excluding NO2 is 1. The van der Waals surface area contributed by atoms with Crippen molar-refractivity contribution in [1.29, 1.82) is 0 Å². The summed E-state index contributed by atoms with van der Waals surface area (Å²) in [5, 5.41) is 6.34. The van der Waals surface area contributed by atoms with Gasteiger partial charge >= 0.3 is 0 Å². The predicted octanol–water partition coefficient (Wildman–Crippen LogP) is 2.48. The highest BCUT2D eigenvalue weighted by atomic mass is 16.3. The maximum absolute atomic E-state index is 10.4.